The summed E-state index contributed by atoms with van der Waals surface area (Å²) in [6.45, 7) is 1.65. The predicted molar refractivity (Wildman–Crippen MR) is 57.0 cm³/mol. The quantitative estimate of drug-likeness (QED) is 0.847. The van der Waals surface area contributed by atoms with Crippen LogP contribution in [0.25, 0.3) is 5.69 Å². The molecule has 4 nitrogen and oxygen atoms in total. The van der Waals surface area contributed by atoms with Gasteiger partial charge in [-0.3, -0.25) is 0 Å². The number of hydrogen-bond donors (Lipinski definition) is 1. The molecule has 2 rings (SSSR count). The number of aliphatic hydroxyl groups is 1. The zero-order valence-electron chi connectivity index (χ0n) is 8.13. The van der Waals surface area contributed by atoms with Gasteiger partial charge in [0.2, 0.25) is 0 Å². The van der Waals surface area contributed by atoms with Crippen molar-refractivity contribution in [3.05, 3.63) is 41.2 Å². The lowest BCUT2D eigenvalue weighted by Crippen LogP contribution is -1.94. The maximum absolute atomic E-state index is 9.30. The Morgan fingerprint density at radius 1 is 1.47 bits per heavy atom. The highest BCUT2D eigenvalue weighted by Gasteiger charge is 2.07. The van der Waals surface area contributed by atoms with E-state index in [1.807, 2.05) is 12.1 Å². The van der Waals surface area contributed by atoms with E-state index in [4.69, 9.17) is 11.6 Å². The Morgan fingerprint density at radius 3 is 2.87 bits per heavy atom. The Balaban J connectivity index is 2.37. The molecule has 1 heterocycles. The van der Waals surface area contributed by atoms with Crippen molar-refractivity contribution in [3.63, 3.8) is 0 Å². The molecule has 0 amide bonds. The summed E-state index contributed by atoms with van der Waals surface area (Å²) in [5, 5.41) is 17.7. The third-order valence-electron chi connectivity index (χ3n) is 2.01. The van der Waals surface area contributed by atoms with E-state index in [1.165, 1.54) is 0 Å². The van der Waals surface area contributed by atoms with Crippen molar-refractivity contribution in [1.29, 1.82) is 0 Å². The lowest BCUT2D eigenvalue weighted by Gasteiger charge is -1.99. The van der Waals surface area contributed by atoms with E-state index in [0.29, 0.717) is 10.7 Å². The van der Waals surface area contributed by atoms with E-state index < -0.39 is 6.10 Å². The van der Waals surface area contributed by atoms with Gasteiger partial charge in [0.05, 0.1) is 18.0 Å². The monoisotopic (exact) mass is 223 g/mol. The van der Waals surface area contributed by atoms with Crippen molar-refractivity contribution in [1.82, 2.24) is 15.0 Å². The smallest absolute Gasteiger partial charge is 0.111 e. The van der Waals surface area contributed by atoms with Crippen LogP contribution in [0.15, 0.2) is 30.5 Å². The van der Waals surface area contributed by atoms with Crippen molar-refractivity contribution in [2.75, 3.05) is 0 Å². The Morgan fingerprint density at radius 2 is 2.27 bits per heavy atom. The maximum Gasteiger partial charge on any atom is 0.111 e. The standard InChI is InChI=1S/C10H10ClN3O/c1-7(15)10-6-14(13-12-10)9-4-2-3-8(11)5-9/h2-7,15H,1H3/t7-/m1/s1. The second kappa shape index (κ2) is 4.00. The molecule has 1 atom stereocenters. The van der Waals surface area contributed by atoms with Crippen LogP contribution in [0.4, 0.5) is 0 Å². The third-order valence-corrected chi connectivity index (χ3v) is 2.25. The lowest BCUT2D eigenvalue weighted by molar-refractivity contribution is 0.194. The van der Waals surface area contributed by atoms with Crippen LogP contribution in [0.1, 0.15) is 18.7 Å². The summed E-state index contributed by atoms with van der Waals surface area (Å²) in [7, 11) is 0. The third kappa shape index (κ3) is 2.16. The average molecular weight is 224 g/mol. The number of nitrogens with zero attached hydrogens (tertiary/aromatic N) is 3. The predicted octanol–water partition coefficient (Wildman–Crippen LogP) is 1.97. The highest BCUT2D eigenvalue weighted by molar-refractivity contribution is 6.30. The van der Waals surface area contributed by atoms with Gasteiger partial charge in [-0.1, -0.05) is 22.9 Å². The summed E-state index contributed by atoms with van der Waals surface area (Å²) < 4.78 is 1.58. The van der Waals surface area contributed by atoms with E-state index in [1.54, 1.807) is 29.9 Å². The summed E-state index contributed by atoms with van der Waals surface area (Å²) in [4.78, 5) is 0. The molecule has 15 heavy (non-hydrogen) atoms. The van der Waals surface area contributed by atoms with Crippen LogP contribution in [-0.4, -0.2) is 20.1 Å². The van der Waals surface area contributed by atoms with Crippen molar-refractivity contribution >= 4 is 11.6 Å². The van der Waals surface area contributed by atoms with Crippen LogP contribution in [0.5, 0.6) is 0 Å². The van der Waals surface area contributed by atoms with Crippen LogP contribution in [0, 0.1) is 0 Å². The fourth-order valence-electron chi connectivity index (χ4n) is 1.21. The SMILES string of the molecule is C[C@@H](O)c1cn(-c2cccc(Cl)c2)nn1. The number of hydrogen-bond acceptors (Lipinski definition) is 3. The molecule has 1 N–H and O–H groups in total. The van der Waals surface area contributed by atoms with Gasteiger partial charge < -0.3 is 5.11 Å². The molecule has 1 aromatic heterocycles. The largest absolute Gasteiger partial charge is 0.387 e. The number of aliphatic hydroxyl groups excluding tert-OH is 1. The summed E-state index contributed by atoms with van der Waals surface area (Å²) in [6.07, 6.45) is 1.06. The molecule has 0 spiro atoms. The summed E-state index contributed by atoms with van der Waals surface area (Å²) >= 11 is 5.85. The topological polar surface area (TPSA) is 50.9 Å². The second-order valence-electron chi connectivity index (χ2n) is 3.24. The molecule has 78 valence electrons. The number of benzene rings is 1. The number of rotatable bonds is 2. The van der Waals surface area contributed by atoms with E-state index in [2.05, 4.69) is 10.3 Å². The van der Waals surface area contributed by atoms with E-state index in [0.717, 1.165) is 5.69 Å². The Bertz CT molecular complexity index is 467. The van der Waals surface area contributed by atoms with Gasteiger partial charge in [-0.25, -0.2) is 4.68 Å². The fraction of sp³-hybridized carbons (Fsp3) is 0.200. The van der Waals surface area contributed by atoms with Crippen LogP contribution in [-0.2, 0) is 0 Å². The Hall–Kier alpha value is -1.39. The molecule has 0 aliphatic carbocycles. The lowest BCUT2D eigenvalue weighted by atomic mass is 10.3. The molecule has 0 unspecified atom stereocenters. The zero-order chi connectivity index (χ0) is 10.8. The van der Waals surface area contributed by atoms with Crippen molar-refractivity contribution in [3.8, 4) is 5.69 Å². The molecule has 2 aromatic rings. The van der Waals surface area contributed by atoms with E-state index in [-0.39, 0.29) is 0 Å². The van der Waals surface area contributed by atoms with Crippen LogP contribution in [0.2, 0.25) is 5.02 Å². The van der Waals surface area contributed by atoms with Gasteiger partial charge in [-0.2, -0.15) is 0 Å². The van der Waals surface area contributed by atoms with Crippen molar-refractivity contribution < 1.29 is 5.11 Å². The molecule has 0 fully saturated rings. The normalized spacial score (nSPS) is 12.7. The van der Waals surface area contributed by atoms with E-state index >= 15 is 0 Å². The number of aromatic nitrogens is 3. The van der Waals surface area contributed by atoms with Gasteiger partial charge in [-0.15, -0.1) is 5.10 Å². The fourth-order valence-corrected chi connectivity index (χ4v) is 1.40. The van der Waals surface area contributed by atoms with Crippen LogP contribution >= 0.6 is 11.6 Å². The summed E-state index contributed by atoms with van der Waals surface area (Å²) in [6, 6.07) is 7.27. The van der Waals surface area contributed by atoms with E-state index in [9.17, 15) is 5.11 Å². The maximum atomic E-state index is 9.30. The first-order valence-corrected chi connectivity index (χ1v) is 4.91. The zero-order valence-corrected chi connectivity index (χ0v) is 8.89. The van der Waals surface area contributed by atoms with Crippen LogP contribution in [0.3, 0.4) is 0 Å². The molecule has 0 aliphatic rings. The first-order valence-electron chi connectivity index (χ1n) is 4.53. The molecular formula is C10H10ClN3O. The van der Waals surface area contributed by atoms with Gasteiger partial charge in [0.15, 0.2) is 0 Å². The summed E-state index contributed by atoms with van der Waals surface area (Å²) in [5.74, 6) is 0. The van der Waals surface area contributed by atoms with Crippen molar-refractivity contribution in [2.24, 2.45) is 0 Å². The molecule has 0 saturated carbocycles. The molecule has 0 saturated heterocycles. The van der Waals surface area contributed by atoms with Gasteiger partial charge in [-0.05, 0) is 25.1 Å². The highest BCUT2D eigenvalue weighted by atomic mass is 35.5. The molecule has 0 radical (unpaired) electrons. The highest BCUT2D eigenvalue weighted by Crippen LogP contribution is 2.15. The number of halogens is 1. The first-order chi connectivity index (χ1) is 7.16. The average Bonchev–Trinajstić information content (AvgIpc) is 2.66. The molecular weight excluding hydrogens is 214 g/mol. The van der Waals surface area contributed by atoms with Gasteiger partial charge in [0.1, 0.15) is 5.69 Å². The minimum atomic E-state index is -0.613. The molecule has 5 heteroatoms. The minimum absolute atomic E-state index is 0.537. The van der Waals surface area contributed by atoms with Gasteiger partial charge in [0.25, 0.3) is 0 Å². The Labute approximate surface area is 92.1 Å². The molecule has 0 bridgehead atoms. The van der Waals surface area contributed by atoms with Gasteiger partial charge in [0, 0.05) is 5.02 Å². The van der Waals surface area contributed by atoms with Gasteiger partial charge >= 0.3 is 0 Å². The second-order valence-corrected chi connectivity index (χ2v) is 3.68. The first kappa shape index (κ1) is 10.1. The Kier molecular flexibility index (Phi) is 2.70. The molecule has 1 aromatic carbocycles. The summed E-state index contributed by atoms with van der Waals surface area (Å²) in [5.41, 5.74) is 1.36. The van der Waals surface area contributed by atoms with Crippen LogP contribution < -0.4 is 0 Å². The van der Waals surface area contributed by atoms with Crippen molar-refractivity contribution in [2.45, 2.75) is 13.0 Å². The molecule has 0 aliphatic heterocycles. The minimum Gasteiger partial charge on any atom is -0.387 e.